The Bertz CT molecular complexity index is 1150. The summed E-state index contributed by atoms with van der Waals surface area (Å²) >= 11 is 1.74. The Morgan fingerprint density at radius 3 is 2.52 bits per heavy atom. The second-order valence-corrected chi connectivity index (χ2v) is 8.51. The molecule has 1 aromatic heterocycles. The van der Waals surface area contributed by atoms with Crippen LogP contribution in [0.15, 0.2) is 60.7 Å². The van der Waals surface area contributed by atoms with Gasteiger partial charge >= 0.3 is 0 Å². The molecule has 1 N–H and O–H groups in total. The number of hydrogen-bond donors (Lipinski definition) is 1. The highest BCUT2D eigenvalue weighted by Gasteiger charge is 2.08. The fraction of sp³-hybridized carbons (Fsp3) is 0.269. The molecule has 0 aliphatic heterocycles. The van der Waals surface area contributed by atoms with E-state index in [9.17, 15) is 0 Å². The number of anilines is 1. The van der Waals surface area contributed by atoms with Crippen LogP contribution in [0.25, 0.3) is 20.8 Å². The molecule has 0 saturated heterocycles. The van der Waals surface area contributed by atoms with Gasteiger partial charge in [-0.1, -0.05) is 19.1 Å². The maximum absolute atomic E-state index is 5.79. The molecule has 0 aliphatic carbocycles. The van der Waals surface area contributed by atoms with Crippen LogP contribution in [-0.2, 0) is 6.54 Å². The number of thiazole rings is 1. The van der Waals surface area contributed by atoms with Crippen LogP contribution in [0.3, 0.4) is 0 Å². The van der Waals surface area contributed by atoms with E-state index in [2.05, 4.69) is 73.8 Å². The number of fused-ring (bicyclic) bond motifs is 1. The van der Waals surface area contributed by atoms with Gasteiger partial charge in [0.05, 0.1) is 23.4 Å². The van der Waals surface area contributed by atoms with Crippen molar-refractivity contribution >= 4 is 27.2 Å². The number of nitrogens with zero attached hydrogens (tertiary/aromatic N) is 1. The van der Waals surface area contributed by atoms with Crippen molar-refractivity contribution in [1.29, 1.82) is 0 Å². The van der Waals surface area contributed by atoms with E-state index in [-0.39, 0.29) is 0 Å². The summed E-state index contributed by atoms with van der Waals surface area (Å²) in [5.74, 6) is 1.61. The average molecular weight is 433 g/mol. The Morgan fingerprint density at radius 1 is 0.903 bits per heavy atom. The lowest BCUT2D eigenvalue weighted by Crippen LogP contribution is -2.03. The van der Waals surface area contributed by atoms with Gasteiger partial charge in [0.25, 0.3) is 0 Å². The lowest BCUT2D eigenvalue weighted by atomic mass is 10.1. The van der Waals surface area contributed by atoms with Crippen molar-refractivity contribution in [1.82, 2.24) is 4.98 Å². The highest BCUT2D eigenvalue weighted by atomic mass is 32.1. The van der Waals surface area contributed by atoms with E-state index in [1.165, 1.54) is 10.3 Å². The molecular formula is C26H28N2O2S. The highest BCUT2D eigenvalue weighted by molar-refractivity contribution is 7.21. The lowest BCUT2D eigenvalue weighted by molar-refractivity contribution is 0.276. The predicted molar refractivity (Wildman–Crippen MR) is 131 cm³/mol. The summed E-state index contributed by atoms with van der Waals surface area (Å²) in [6, 6.07) is 21.0. The van der Waals surface area contributed by atoms with Gasteiger partial charge in [0, 0.05) is 17.8 Å². The summed E-state index contributed by atoms with van der Waals surface area (Å²) < 4.78 is 12.8. The number of benzene rings is 3. The van der Waals surface area contributed by atoms with Crippen LogP contribution in [-0.4, -0.2) is 18.2 Å². The highest BCUT2D eigenvalue weighted by Crippen LogP contribution is 2.32. The summed E-state index contributed by atoms with van der Waals surface area (Å²) in [4.78, 5) is 4.78. The van der Waals surface area contributed by atoms with E-state index in [1.54, 1.807) is 11.3 Å². The molecule has 0 radical (unpaired) electrons. The largest absolute Gasteiger partial charge is 0.490 e. The van der Waals surface area contributed by atoms with Crippen molar-refractivity contribution in [3.8, 4) is 22.1 Å². The van der Waals surface area contributed by atoms with Crippen LogP contribution < -0.4 is 14.8 Å². The Balaban J connectivity index is 1.43. The monoisotopic (exact) mass is 432 g/mol. The van der Waals surface area contributed by atoms with Gasteiger partial charge in [0.15, 0.2) is 11.5 Å². The van der Waals surface area contributed by atoms with Crippen LogP contribution in [0.2, 0.25) is 0 Å². The van der Waals surface area contributed by atoms with E-state index in [1.807, 2.05) is 13.0 Å². The Labute approximate surface area is 187 Å². The SMILES string of the molecule is CCCOc1ccc(CNc2ccc(-c3nc4ccc(C)cc4s3)cc2)cc1OCC. The molecule has 31 heavy (non-hydrogen) atoms. The zero-order valence-corrected chi connectivity index (χ0v) is 19.1. The van der Waals surface area contributed by atoms with E-state index in [4.69, 9.17) is 14.5 Å². The van der Waals surface area contributed by atoms with Crippen molar-refractivity contribution in [2.45, 2.75) is 33.7 Å². The quantitative estimate of drug-likeness (QED) is 0.307. The molecule has 0 fully saturated rings. The van der Waals surface area contributed by atoms with Crippen LogP contribution in [0.1, 0.15) is 31.4 Å². The third-order valence-corrected chi connectivity index (χ3v) is 6.01. The second-order valence-electron chi connectivity index (χ2n) is 7.48. The third-order valence-electron chi connectivity index (χ3n) is 4.94. The molecule has 0 spiro atoms. The molecule has 0 aliphatic rings. The molecule has 3 aromatic carbocycles. The zero-order valence-electron chi connectivity index (χ0n) is 18.3. The summed E-state index contributed by atoms with van der Waals surface area (Å²) in [5.41, 5.74) is 5.69. The van der Waals surface area contributed by atoms with Gasteiger partial charge in [0.2, 0.25) is 0 Å². The van der Waals surface area contributed by atoms with Gasteiger partial charge in [-0.15, -0.1) is 11.3 Å². The molecular weight excluding hydrogens is 404 g/mol. The standard InChI is InChI=1S/C26H28N2O2S/c1-4-14-30-23-13-7-19(16-24(23)29-5-2)17-27-21-10-8-20(9-11-21)26-28-22-12-6-18(3)15-25(22)31-26/h6-13,15-16,27H,4-5,14,17H2,1-3H3. The fourth-order valence-corrected chi connectivity index (χ4v) is 4.42. The molecule has 4 aromatic rings. The predicted octanol–water partition coefficient (Wildman–Crippen LogP) is 7.07. The number of ether oxygens (including phenoxy) is 2. The van der Waals surface area contributed by atoms with Crippen molar-refractivity contribution in [3.05, 3.63) is 71.8 Å². The second kappa shape index (κ2) is 9.84. The number of aryl methyl sites for hydroxylation is 1. The van der Waals surface area contributed by atoms with E-state index in [0.29, 0.717) is 19.8 Å². The van der Waals surface area contributed by atoms with Crippen LogP contribution in [0.5, 0.6) is 11.5 Å². The lowest BCUT2D eigenvalue weighted by Gasteiger charge is -2.14. The number of rotatable bonds is 9. The molecule has 0 atom stereocenters. The Kier molecular flexibility index (Phi) is 6.73. The average Bonchev–Trinajstić information content (AvgIpc) is 3.21. The summed E-state index contributed by atoms with van der Waals surface area (Å²) in [5, 5.41) is 4.54. The summed E-state index contributed by atoms with van der Waals surface area (Å²) in [6.45, 7) is 8.23. The van der Waals surface area contributed by atoms with Gasteiger partial charge < -0.3 is 14.8 Å². The number of nitrogens with one attached hydrogen (secondary N) is 1. The molecule has 160 valence electrons. The molecule has 0 unspecified atom stereocenters. The number of aromatic nitrogens is 1. The molecule has 0 amide bonds. The minimum absolute atomic E-state index is 0.617. The van der Waals surface area contributed by atoms with Crippen LogP contribution in [0.4, 0.5) is 5.69 Å². The fourth-order valence-electron chi connectivity index (χ4n) is 3.35. The van der Waals surface area contributed by atoms with Crippen LogP contribution in [0, 0.1) is 6.92 Å². The van der Waals surface area contributed by atoms with Crippen molar-refractivity contribution in [2.24, 2.45) is 0 Å². The van der Waals surface area contributed by atoms with Crippen molar-refractivity contribution in [3.63, 3.8) is 0 Å². The summed E-state index contributed by atoms with van der Waals surface area (Å²) in [7, 11) is 0. The van der Waals surface area contributed by atoms with Gasteiger partial charge in [-0.25, -0.2) is 4.98 Å². The first-order valence-electron chi connectivity index (χ1n) is 10.8. The molecule has 4 nitrogen and oxygen atoms in total. The normalized spacial score (nSPS) is 10.9. The van der Waals surface area contributed by atoms with Gasteiger partial charge in [-0.2, -0.15) is 0 Å². The summed E-state index contributed by atoms with van der Waals surface area (Å²) in [6.07, 6.45) is 0.974. The first-order valence-corrected chi connectivity index (χ1v) is 11.6. The zero-order chi connectivity index (χ0) is 21.6. The molecule has 1 heterocycles. The molecule has 5 heteroatoms. The maximum atomic E-state index is 5.79. The van der Waals surface area contributed by atoms with E-state index in [0.717, 1.165) is 45.3 Å². The number of hydrogen-bond acceptors (Lipinski definition) is 5. The molecule has 4 rings (SSSR count). The topological polar surface area (TPSA) is 43.4 Å². The van der Waals surface area contributed by atoms with Gasteiger partial charge in [-0.05, 0) is 79.9 Å². The molecule has 0 bridgehead atoms. The Morgan fingerprint density at radius 2 is 1.74 bits per heavy atom. The van der Waals surface area contributed by atoms with Gasteiger partial charge in [0.1, 0.15) is 5.01 Å². The van der Waals surface area contributed by atoms with E-state index < -0.39 is 0 Å². The minimum atomic E-state index is 0.617. The smallest absolute Gasteiger partial charge is 0.161 e. The first-order chi connectivity index (χ1) is 15.2. The van der Waals surface area contributed by atoms with Gasteiger partial charge in [-0.3, -0.25) is 0 Å². The van der Waals surface area contributed by atoms with E-state index >= 15 is 0 Å². The Hall–Kier alpha value is -3.05. The first kappa shape index (κ1) is 21.2. The maximum Gasteiger partial charge on any atom is 0.161 e. The van der Waals surface area contributed by atoms with Crippen molar-refractivity contribution in [2.75, 3.05) is 18.5 Å². The molecule has 0 saturated carbocycles. The minimum Gasteiger partial charge on any atom is -0.490 e. The van der Waals surface area contributed by atoms with Crippen LogP contribution >= 0.6 is 11.3 Å². The third kappa shape index (κ3) is 5.17. The van der Waals surface area contributed by atoms with Crippen molar-refractivity contribution < 1.29 is 9.47 Å².